The van der Waals surface area contributed by atoms with Crippen LogP contribution in [0.15, 0.2) is 72.8 Å². The molecule has 37 heavy (non-hydrogen) atoms. The number of ether oxygens (including phenoxy) is 1. The summed E-state index contributed by atoms with van der Waals surface area (Å²) >= 11 is 4.61. The van der Waals surface area contributed by atoms with Gasteiger partial charge in [-0.05, 0) is 84.4 Å². The molecule has 5 heteroatoms. The first-order chi connectivity index (χ1) is 17.9. The van der Waals surface area contributed by atoms with E-state index in [4.69, 9.17) is 4.74 Å². The maximum Gasteiger partial charge on any atom is 0.333 e. The van der Waals surface area contributed by atoms with Gasteiger partial charge in [0.1, 0.15) is 5.82 Å². The lowest BCUT2D eigenvalue weighted by Crippen LogP contribution is -2.12. The van der Waals surface area contributed by atoms with Gasteiger partial charge in [0.2, 0.25) is 0 Å². The first-order valence-electron chi connectivity index (χ1n) is 13.0. The zero-order valence-corrected chi connectivity index (χ0v) is 22.3. The van der Waals surface area contributed by atoms with Gasteiger partial charge in [0.05, 0.1) is 6.61 Å². The standard InChI is InChI=1S/C32H35FO3S/c1-21(2)32(35)36-18-16-27-19-22(15-17-34)3-13-29(27)30-14-10-26(20-31(30)33)25-6-4-23(5-7-25)24-8-11-28(37)12-9-24/h3-7,10,13-14,19-20,24,28,34,37H,1,8-9,11-12,15-18H2,2H3. The molecule has 194 valence electrons. The summed E-state index contributed by atoms with van der Waals surface area (Å²) in [5.74, 6) is -0.161. The molecule has 1 fully saturated rings. The SMILES string of the molecule is C=C(C)C(=O)OCCc1cc(CCO)ccc1-c1ccc(-c2ccc(C3CCC(S)CC3)cc2)cc1F. The molecule has 0 aliphatic heterocycles. The second-order valence-electron chi connectivity index (χ2n) is 9.95. The number of hydrogen-bond donors (Lipinski definition) is 2. The smallest absolute Gasteiger partial charge is 0.333 e. The minimum atomic E-state index is -0.441. The van der Waals surface area contributed by atoms with Crippen molar-refractivity contribution in [1.82, 2.24) is 0 Å². The van der Waals surface area contributed by atoms with Crippen molar-refractivity contribution in [3.8, 4) is 22.3 Å². The van der Waals surface area contributed by atoms with E-state index in [1.54, 1.807) is 13.0 Å². The third-order valence-electron chi connectivity index (χ3n) is 7.19. The number of aliphatic hydroxyl groups excluding tert-OH is 1. The van der Waals surface area contributed by atoms with Crippen LogP contribution in [0, 0.1) is 5.82 Å². The van der Waals surface area contributed by atoms with Crippen LogP contribution >= 0.6 is 12.6 Å². The molecule has 1 saturated carbocycles. The number of rotatable bonds is 9. The topological polar surface area (TPSA) is 46.5 Å². The zero-order valence-electron chi connectivity index (χ0n) is 21.4. The average molecular weight is 519 g/mol. The van der Waals surface area contributed by atoms with Crippen molar-refractivity contribution in [3.05, 3.63) is 95.3 Å². The van der Waals surface area contributed by atoms with Crippen molar-refractivity contribution in [2.24, 2.45) is 0 Å². The average Bonchev–Trinajstić information content (AvgIpc) is 2.90. The minimum Gasteiger partial charge on any atom is -0.462 e. The zero-order chi connectivity index (χ0) is 26.4. The van der Waals surface area contributed by atoms with Crippen molar-refractivity contribution in [2.45, 2.75) is 56.6 Å². The molecule has 1 aliphatic carbocycles. The molecule has 0 aromatic heterocycles. The maximum atomic E-state index is 15.5. The van der Waals surface area contributed by atoms with E-state index in [0.717, 1.165) is 40.7 Å². The summed E-state index contributed by atoms with van der Waals surface area (Å²) in [7, 11) is 0. The maximum absolute atomic E-state index is 15.5. The molecule has 0 radical (unpaired) electrons. The van der Waals surface area contributed by atoms with Crippen LogP contribution in [0.25, 0.3) is 22.3 Å². The van der Waals surface area contributed by atoms with Gasteiger partial charge in [-0.2, -0.15) is 12.6 Å². The number of carbonyl (C=O) groups excluding carboxylic acids is 1. The molecule has 3 aromatic carbocycles. The van der Waals surface area contributed by atoms with Crippen LogP contribution in [0.2, 0.25) is 0 Å². The van der Waals surface area contributed by atoms with Crippen LogP contribution in [0.3, 0.4) is 0 Å². The molecule has 4 rings (SSSR count). The lowest BCUT2D eigenvalue weighted by molar-refractivity contribution is -0.138. The molecule has 0 heterocycles. The summed E-state index contributed by atoms with van der Waals surface area (Å²) in [5, 5.41) is 9.87. The van der Waals surface area contributed by atoms with Gasteiger partial charge in [-0.3, -0.25) is 0 Å². The molecule has 0 spiro atoms. The van der Waals surface area contributed by atoms with Gasteiger partial charge in [0, 0.05) is 29.4 Å². The Labute approximate surface area is 224 Å². The summed E-state index contributed by atoms with van der Waals surface area (Å²) < 4.78 is 20.7. The Morgan fingerprint density at radius 1 is 0.973 bits per heavy atom. The first-order valence-corrected chi connectivity index (χ1v) is 13.5. The van der Waals surface area contributed by atoms with E-state index in [9.17, 15) is 9.90 Å². The Morgan fingerprint density at radius 2 is 1.65 bits per heavy atom. The van der Waals surface area contributed by atoms with Gasteiger partial charge >= 0.3 is 5.97 Å². The second kappa shape index (κ2) is 12.6. The molecule has 0 saturated heterocycles. The van der Waals surface area contributed by atoms with Crippen molar-refractivity contribution < 1.29 is 19.0 Å². The number of halogens is 1. The second-order valence-corrected chi connectivity index (χ2v) is 10.7. The highest BCUT2D eigenvalue weighted by atomic mass is 32.1. The quantitative estimate of drug-likeness (QED) is 0.177. The van der Waals surface area contributed by atoms with E-state index in [1.165, 1.54) is 18.4 Å². The van der Waals surface area contributed by atoms with E-state index < -0.39 is 5.97 Å². The van der Waals surface area contributed by atoms with Crippen LogP contribution in [-0.2, 0) is 22.4 Å². The fraction of sp³-hybridized carbons (Fsp3) is 0.344. The van der Waals surface area contributed by atoms with E-state index in [-0.39, 0.29) is 19.0 Å². The van der Waals surface area contributed by atoms with Crippen LogP contribution in [0.5, 0.6) is 0 Å². The molecular weight excluding hydrogens is 483 g/mol. The van der Waals surface area contributed by atoms with Gasteiger partial charge in [-0.1, -0.05) is 61.2 Å². The highest BCUT2D eigenvalue weighted by Gasteiger charge is 2.20. The molecule has 1 N–H and O–H groups in total. The monoisotopic (exact) mass is 518 g/mol. The molecule has 0 unspecified atom stereocenters. The fourth-order valence-electron chi connectivity index (χ4n) is 5.05. The summed E-state index contributed by atoms with van der Waals surface area (Å²) in [6.45, 7) is 5.41. The van der Waals surface area contributed by atoms with E-state index >= 15 is 4.39 Å². The third kappa shape index (κ3) is 6.91. The highest BCUT2D eigenvalue weighted by molar-refractivity contribution is 7.80. The predicted octanol–water partition coefficient (Wildman–Crippen LogP) is 7.31. The molecule has 0 atom stereocenters. The van der Waals surface area contributed by atoms with Gasteiger partial charge < -0.3 is 9.84 Å². The number of thiol groups is 1. The lowest BCUT2D eigenvalue weighted by Gasteiger charge is -2.26. The summed E-state index contributed by atoms with van der Waals surface area (Å²) in [6, 6.07) is 19.6. The summed E-state index contributed by atoms with van der Waals surface area (Å²) in [6.07, 6.45) is 5.59. The molecular formula is C32H35FO3S. The lowest BCUT2D eigenvalue weighted by atomic mass is 9.83. The van der Waals surface area contributed by atoms with Gasteiger partial charge in [-0.25, -0.2) is 9.18 Å². The predicted molar refractivity (Wildman–Crippen MR) is 152 cm³/mol. The number of aliphatic hydroxyl groups is 1. The summed E-state index contributed by atoms with van der Waals surface area (Å²) in [5.41, 5.74) is 6.59. The molecule has 3 nitrogen and oxygen atoms in total. The Balaban J connectivity index is 1.55. The number of benzene rings is 3. The number of esters is 1. The molecule has 1 aliphatic rings. The van der Waals surface area contributed by atoms with Crippen molar-refractivity contribution in [2.75, 3.05) is 13.2 Å². The van der Waals surface area contributed by atoms with Crippen molar-refractivity contribution >= 4 is 18.6 Å². The van der Waals surface area contributed by atoms with Crippen molar-refractivity contribution in [3.63, 3.8) is 0 Å². The Hall–Kier alpha value is -2.89. The Morgan fingerprint density at radius 3 is 2.30 bits per heavy atom. The number of hydrogen-bond acceptors (Lipinski definition) is 4. The minimum absolute atomic E-state index is 0.0295. The number of carbonyl (C=O) groups is 1. The van der Waals surface area contributed by atoms with E-state index in [2.05, 4.69) is 43.5 Å². The fourth-order valence-corrected chi connectivity index (χ4v) is 5.35. The largest absolute Gasteiger partial charge is 0.462 e. The van der Waals surface area contributed by atoms with Gasteiger partial charge in [0.15, 0.2) is 0 Å². The molecule has 0 amide bonds. The Kier molecular flexibility index (Phi) is 9.23. The van der Waals surface area contributed by atoms with Crippen LogP contribution in [-0.4, -0.2) is 29.5 Å². The molecule has 3 aromatic rings. The third-order valence-corrected chi connectivity index (χ3v) is 7.71. The van der Waals surface area contributed by atoms with Crippen LogP contribution in [0.4, 0.5) is 4.39 Å². The van der Waals surface area contributed by atoms with Crippen molar-refractivity contribution in [1.29, 1.82) is 0 Å². The summed E-state index contributed by atoms with van der Waals surface area (Å²) in [4.78, 5) is 11.8. The highest BCUT2D eigenvalue weighted by Crippen LogP contribution is 2.36. The van der Waals surface area contributed by atoms with E-state index in [1.807, 2.05) is 30.3 Å². The normalized spacial score (nSPS) is 17.4. The molecule has 0 bridgehead atoms. The van der Waals surface area contributed by atoms with Gasteiger partial charge in [-0.15, -0.1) is 0 Å². The van der Waals surface area contributed by atoms with Gasteiger partial charge in [0.25, 0.3) is 0 Å². The van der Waals surface area contributed by atoms with Crippen LogP contribution < -0.4 is 0 Å². The van der Waals surface area contributed by atoms with Crippen LogP contribution in [0.1, 0.15) is 55.2 Å². The Bertz CT molecular complexity index is 1240. The first kappa shape index (κ1) is 27.2. The van der Waals surface area contributed by atoms with E-state index in [0.29, 0.717) is 35.1 Å².